The van der Waals surface area contributed by atoms with Crippen molar-refractivity contribution in [1.82, 2.24) is 9.55 Å². The first-order valence-corrected chi connectivity index (χ1v) is 10.9. The van der Waals surface area contributed by atoms with Crippen molar-refractivity contribution in [3.63, 3.8) is 0 Å². The van der Waals surface area contributed by atoms with Gasteiger partial charge < -0.3 is 0 Å². The number of hydrogen-bond donors (Lipinski definition) is 2. The molecule has 0 aliphatic carbocycles. The van der Waals surface area contributed by atoms with E-state index in [-0.39, 0.29) is 32.7 Å². The van der Waals surface area contributed by atoms with E-state index in [4.69, 9.17) is 10.5 Å². The topological polar surface area (TPSA) is 90.1 Å². The Kier molecular flexibility index (Phi) is 5.02. The summed E-state index contributed by atoms with van der Waals surface area (Å²) in [6.07, 6.45) is 1.57. The van der Waals surface area contributed by atoms with E-state index in [1.54, 1.807) is 13.1 Å². The van der Waals surface area contributed by atoms with Gasteiger partial charge in [0.2, 0.25) is 0 Å². The molecule has 3 N–H and O–H groups in total. The van der Waals surface area contributed by atoms with Gasteiger partial charge in [0.1, 0.15) is 0 Å². The third kappa shape index (κ3) is 3.64. The summed E-state index contributed by atoms with van der Waals surface area (Å²) in [6, 6.07) is 14.6. The maximum absolute atomic E-state index is 12.1. The van der Waals surface area contributed by atoms with Gasteiger partial charge in [-0.3, -0.25) is 0 Å². The zero-order valence-electron chi connectivity index (χ0n) is 14.9. The minimum absolute atomic E-state index is 0.104. The van der Waals surface area contributed by atoms with Gasteiger partial charge in [-0.25, -0.2) is 0 Å². The summed E-state index contributed by atoms with van der Waals surface area (Å²) < 4.78 is 8.88. The molecule has 140 valence electrons. The predicted molar refractivity (Wildman–Crippen MR) is 107 cm³/mol. The second-order valence-electron chi connectivity index (χ2n) is 6.80. The minimum atomic E-state index is -0.456. The molecule has 4 rings (SSSR count). The Morgan fingerprint density at radius 1 is 1.22 bits per heavy atom. The van der Waals surface area contributed by atoms with E-state index in [1.807, 2.05) is 6.07 Å². The molecular weight excluding hydrogens is 409 g/mol. The standard InChI is InChI=1S/C20H21N3O3Se/c1-12-10-23(20(25)22-19(12)24)18-9-15(21)16(26-18)11-27-17-8-4-6-13-5-2-3-7-14(13)17/h2-8,10,15-16,18H,9,11,21H2,1H3,(H,22,24,25)/t15?,16-,18-/m1/s1. The van der Waals surface area contributed by atoms with E-state index in [0.29, 0.717) is 12.0 Å². The van der Waals surface area contributed by atoms with E-state index in [9.17, 15) is 9.59 Å². The summed E-state index contributed by atoms with van der Waals surface area (Å²) in [5.74, 6) is 0. The number of benzene rings is 2. The van der Waals surface area contributed by atoms with Crippen LogP contribution in [0.4, 0.5) is 0 Å². The van der Waals surface area contributed by atoms with E-state index in [0.717, 1.165) is 5.32 Å². The van der Waals surface area contributed by atoms with Crippen molar-refractivity contribution in [1.29, 1.82) is 0 Å². The number of aromatic amines is 1. The number of fused-ring (bicyclic) bond motifs is 1. The van der Waals surface area contributed by atoms with Crippen LogP contribution in [0, 0.1) is 6.92 Å². The molecule has 1 fully saturated rings. The predicted octanol–water partition coefficient (Wildman–Crippen LogP) is 1.06. The molecule has 1 saturated heterocycles. The van der Waals surface area contributed by atoms with Gasteiger partial charge in [0, 0.05) is 0 Å². The zero-order chi connectivity index (χ0) is 19.0. The van der Waals surface area contributed by atoms with Crippen LogP contribution >= 0.6 is 0 Å². The van der Waals surface area contributed by atoms with Crippen molar-refractivity contribution < 1.29 is 4.74 Å². The van der Waals surface area contributed by atoms with Crippen LogP contribution in [0.3, 0.4) is 0 Å². The van der Waals surface area contributed by atoms with Gasteiger partial charge in [-0.2, -0.15) is 0 Å². The van der Waals surface area contributed by atoms with Crippen LogP contribution in [0.2, 0.25) is 5.32 Å². The second-order valence-corrected chi connectivity index (χ2v) is 9.02. The summed E-state index contributed by atoms with van der Waals surface area (Å²) >= 11 is 0.212. The first kappa shape index (κ1) is 18.2. The molecule has 7 heteroatoms. The van der Waals surface area contributed by atoms with Crippen molar-refractivity contribution in [2.45, 2.75) is 37.0 Å². The Labute approximate surface area is 162 Å². The van der Waals surface area contributed by atoms with Crippen LogP contribution in [-0.2, 0) is 4.74 Å². The third-order valence-electron chi connectivity index (χ3n) is 4.89. The molecule has 6 nitrogen and oxygen atoms in total. The van der Waals surface area contributed by atoms with Crippen molar-refractivity contribution in [2.75, 3.05) is 0 Å². The van der Waals surface area contributed by atoms with Gasteiger partial charge in [0.05, 0.1) is 0 Å². The van der Waals surface area contributed by atoms with Gasteiger partial charge in [0.25, 0.3) is 0 Å². The van der Waals surface area contributed by atoms with Crippen molar-refractivity contribution >= 4 is 30.2 Å². The maximum atomic E-state index is 12.1. The SMILES string of the molecule is Cc1cn([C@H]2CC(N)[C@@H](C[Se]c3cccc4ccccc34)O2)c(=O)[nH]c1=O. The van der Waals surface area contributed by atoms with E-state index < -0.39 is 11.9 Å². The molecule has 0 radical (unpaired) electrons. The van der Waals surface area contributed by atoms with Crippen molar-refractivity contribution in [3.05, 3.63) is 75.1 Å². The van der Waals surface area contributed by atoms with Crippen LogP contribution in [0.5, 0.6) is 0 Å². The van der Waals surface area contributed by atoms with Crippen LogP contribution in [0.1, 0.15) is 18.2 Å². The van der Waals surface area contributed by atoms with Gasteiger partial charge in [-0.15, -0.1) is 0 Å². The number of aromatic nitrogens is 2. The summed E-state index contributed by atoms with van der Waals surface area (Å²) in [7, 11) is 0. The Morgan fingerprint density at radius 3 is 2.85 bits per heavy atom. The Bertz CT molecular complexity index is 1090. The van der Waals surface area contributed by atoms with E-state index >= 15 is 0 Å². The molecule has 0 amide bonds. The number of nitrogens with zero attached hydrogens (tertiary/aromatic N) is 1. The van der Waals surface area contributed by atoms with E-state index in [1.165, 1.54) is 19.8 Å². The summed E-state index contributed by atoms with van der Waals surface area (Å²) in [4.78, 5) is 26.0. The number of nitrogens with two attached hydrogens (primary N) is 1. The molecule has 27 heavy (non-hydrogen) atoms. The Balaban J connectivity index is 1.50. The fourth-order valence-corrected chi connectivity index (χ4v) is 5.87. The fraction of sp³-hybridized carbons (Fsp3) is 0.300. The number of ether oxygens (including phenoxy) is 1. The normalized spacial score (nSPS) is 22.4. The van der Waals surface area contributed by atoms with Crippen LogP contribution in [0.25, 0.3) is 10.8 Å². The Hall–Kier alpha value is -2.18. The molecule has 1 unspecified atom stereocenters. The molecule has 1 aromatic heterocycles. The molecule has 1 aliphatic rings. The molecule has 3 atom stereocenters. The molecule has 1 aliphatic heterocycles. The van der Waals surface area contributed by atoms with Gasteiger partial charge in [-0.05, 0) is 0 Å². The first-order valence-electron chi connectivity index (χ1n) is 8.86. The van der Waals surface area contributed by atoms with Crippen LogP contribution < -0.4 is 21.4 Å². The molecule has 0 bridgehead atoms. The van der Waals surface area contributed by atoms with Crippen LogP contribution in [-0.4, -0.2) is 36.7 Å². The van der Waals surface area contributed by atoms with Gasteiger partial charge in [0.15, 0.2) is 0 Å². The van der Waals surface area contributed by atoms with Crippen LogP contribution in [0.15, 0.2) is 58.3 Å². The van der Waals surface area contributed by atoms with Gasteiger partial charge in [-0.1, -0.05) is 0 Å². The van der Waals surface area contributed by atoms with Crippen molar-refractivity contribution in [2.24, 2.45) is 5.73 Å². The average molecular weight is 430 g/mol. The summed E-state index contributed by atoms with van der Waals surface area (Å²) in [6.45, 7) is 1.67. The molecule has 2 aromatic carbocycles. The summed E-state index contributed by atoms with van der Waals surface area (Å²) in [5, 5.41) is 3.35. The zero-order valence-corrected chi connectivity index (χ0v) is 16.6. The van der Waals surface area contributed by atoms with Gasteiger partial charge >= 0.3 is 162 Å². The second kappa shape index (κ2) is 7.44. The third-order valence-corrected chi connectivity index (χ3v) is 7.33. The van der Waals surface area contributed by atoms with Crippen molar-refractivity contribution in [3.8, 4) is 0 Å². The molecule has 0 spiro atoms. The van der Waals surface area contributed by atoms with E-state index in [2.05, 4.69) is 41.4 Å². The molecule has 0 saturated carbocycles. The number of aryl methyl sites for hydroxylation is 1. The quantitative estimate of drug-likeness (QED) is 0.606. The number of nitrogens with one attached hydrogen (secondary N) is 1. The fourth-order valence-electron chi connectivity index (χ4n) is 3.38. The monoisotopic (exact) mass is 431 g/mol. The average Bonchev–Trinajstić information content (AvgIpc) is 3.03. The number of rotatable bonds is 4. The molecule has 3 aromatic rings. The summed E-state index contributed by atoms with van der Waals surface area (Å²) in [5.41, 5.74) is 5.96. The number of hydrogen-bond acceptors (Lipinski definition) is 4. The molecular formula is C20H21N3O3Se. The first-order chi connectivity index (χ1) is 13.0. The molecule has 2 heterocycles. The Morgan fingerprint density at radius 2 is 2.00 bits per heavy atom. The number of H-pyrrole nitrogens is 1.